The highest BCUT2D eigenvalue weighted by molar-refractivity contribution is 5.34. The monoisotopic (exact) mass is 381 g/mol. The van der Waals surface area contributed by atoms with Crippen molar-refractivity contribution in [2.75, 3.05) is 27.3 Å². The van der Waals surface area contributed by atoms with Gasteiger partial charge in [0.2, 0.25) is 0 Å². The van der Waals surface area contributed by atoms with Crippen LogP contribution >= 0.6 is 0 Å². The molecule has 0 saturated carbocycles. The van der Waals surface area contributed by atoms with Crippen LogP contribution in [-0.4, -0.2) is 38.3 Å². The van der Waals surface area contributed by atoms with Crippen LogP contribution in [0.3, 0.4) is 0 Å². The van der Waals surface area contributed by atoms with Crippen LogP contribution in [0.4, 0.5) is 0 Å². The van der Waals surface area contributed by atoms with E-state index >= 15 is 0 Å². The zero-order chi connectivity index (χ0) is 19.6. The van der Waals surface area contributed by atoms with Crippen molar-refractivity contribution in [3.8, 4) is 11.5 Å². The predicted molar refractivity (Wildman–Crippen MR) is 116 cm³/mol. The number of rotatable bonds is 10. The highest BCUT2D eigenvalue weighted by Gasteiger charge is 2.18. The summed E-state index contributed by atoms with van der Waals surface area (Å²) < 4.78 is 11.7. The summed E-state index contributed by atoms with van der Waals surface area (Å²) in [5.74, 6) is 2.07. The van der Waals surface area contributed by atoms with Gasteiger partial charge in [0.15, 0.2) is 0 Å². The molecule has 0 radical (unpaired) electrons. The molecule has 28 heavy (non-hydrogen) atoms. The van der Waals surface area contributed by atoms with Gasteiger partial charge >= 0.3 is 0 Å². The van der Waals surface area contributed by atoms with Gasteiger partial charge in [0.25, 0.3) is 0 Å². The van der Waals surface area contributed by atoms with Crippen LogP contribution < -0.4 is 9.47 Å². The molecule has 2 aromatic carbocycles. The number of methoxy groups -OCH3 is 1. The summed E-state index contributed by atoms with van der Waals surface area (Å²) in [5.41, 5.74) is 2.63. The van der Waals surface area contributed by atoms with Crippen molar-refractivity contribution >= 4 is 0 Å². The van der Waals surface area contributed by atoms with E-state index in [1.807, 2.05) is 12.1 Å². The number of ether oxygens (including phenoxy) is 2. The third-order valence-electron chi connectivity index (χ3n) is 5.94. The molecule has 0 N–H and O–H groups in total. The molecule has 0 amide bonds. The largest absolute Gasteiger partial charge is 0.496 e. The summed E-state index contributed by atoms with van der Waals surface area (Å²) in [6.07, 6.45) is 9.56. The van der Waals surface area contributed by atoms with Gasteiger partial charge in [-0.15, -0.1) is 0 Å². The number of para-hydroxylation sites is 2. The molecule has 3 heteroatoms. The minimum absolute atomic E-state index is 0.682. The highest BCUT2D eigenvalue weighted by Crippen LogP contribution is 2.24. The minimum Gasteiger partial charge on any atom is -0.496 e. The average molecular weight is 382 g/mol. The topological polar surface area (TPSA) is 21.7 Å². The molecule has 1 aliphatic heterocycles. The van der Waals surface area contributed by atoms with Gasteiger partial charge in [0, 0.05) is 6.04 Å². The lowest BCUT2D eigenvalue weighted by molar-refractivity contribution is 0.153. The number of nitrogens with zero attached hydrogens (tertiary/aromatic N) is 1. The van der Waals surface area contributed by atoms with E-state index in [1.54, 1.807) is 7.11 Å². The van der Waals surface area contributed by atoms with E-state index in [9.17, 15) is 0 Å². The normalized spacial score (nSPS) is 17.4. The van der Waals surface area contributed by atoms with Crippen molar-refractivity contribution in [3.63, 3.8) is 0 Å². The second kappa shape index (κ2) is 11.1. The summed E-state index contributed by atoms with van der Waals surface area (Å²) in [6, 6.07) is 17.6. The van der Waals surface area contributed by atoms with Gasteiger partial charge in [-0.25, -0.2) is 0 Å². The lowest BCUT2D eigenvalue weighted by Crippen LogP contribution is -2.37. The van der Waals surface area contributed by atoms with E-state index in [1.165, 1.54) is 36.9 Å². The Labute approximate surface area is 170 Å². The first-order chi connectivity index (χ1) is 13.8. The molecule has 0 aromatic heterocycles. The molecule has 0 bridgehead atoms. The van der Waals surface area contributed by atoms with E-state index in [4.69, 9.17) is 9.47 Å². The molecule has 2 aromatic rings. The average Bonchev–Trinajstić information content (AvgIpc) is 2.74. The summed E-state index contributed by atoms with van der Waals surface area (Å²) in [5, 5.41) is 0. The summed E-state index contributed by atoms with van der Waals surface area (Å²) in [6.45, 7) is 2.04. The van der Waals surface area contributed by atoms with E-state index in [0.29, 0.717) is 6.04 Å². The van der Waals surface area contributed by atoms with E-state index in [0.717, 1.165) is 50.2 Å². The van der Waals surface area contributed by atoms with Gasteiger partial charge in [-0.3, -0.25) is 0 Å². The van der Waals surface area contributed by atoms with Crippen LogP contribution in [-0.2, 0) is 12.8 Å². The fourth-order valence-corrected chi connectivity index (χ4v) is 4.21. The van der Waals surface area contributed by atoms with Crippen LogP contribution in [0.15, 0.2) is 48.5 Å². The summed E-state index contributed by atoms with van der Waals surface area (Å²) in [4.78, 5) is 2.50. The van der Waals surface area contributed by atoms with E-state index in [-0.39, 0.29) is 0 Å². The van der Waals surface area contributed by atoms with Crippen LogP contribution in [0.1, 0.15) is 49.7 Å². The maximum absolute atomic E-state index is 6.19. The third kappa shape index (κ3) is 6.00. The van der Waals surface area contributed by atoms with Crippen molar-refractivity contribution in [1.29, 1.82) is 0 Å². The lowest BCUT2D eigenvalue weighted by atomic mass is 10.0. The molecule has 1 atom stereocenters. The Morgan fingerprint density at radius 3 is 2.21 bits per heavy atom. The number of unbranched alkanes of at least 4 members (excludes halogenated alkanes) is 1. The number of piperidine rings is 1. The van der Waals surface area contributed by atoms with Crippen molar-refractivity contribution < 1.29 is 9.47 Å². The lowest BCUT2D eigenvalue weighted by Gasteiger charge is -2.32. The Bertz CT molecular complexity index is 715. The Hall–Kier alpha value is -2.00. The molecule has 0 spiro atoms. The standard InChI is InChI=1S/C25H35NO2/c1-26-19-10-9-15-23(26)18-20-28-25-17-8-6-14-22(25)13-4-3-11-21-12-5-7-16-24(21)27-2/h5-8,12,14,16-17,23H,3-4,9-11,13,15,18-20H2,1-2H3. The number of aryl methyl sites for hydroxylation is 2. The first kappa shape index (κ1) is 20.7. The van der Waals surface area contributed by atoms with Gasteiger partial charge in [0.1, 0.15) is 11.5 Å². The Morgan fingerprint density at radius 2 is 1.54 bits per heavy atom. The Balaban J connectivity index is 1.44. The Kier molecular flexibility index (Phi) is 8.23. The molecule has 3 rings (SSSR count). The number of likely N-dealkylation sites (tertiary alicyclic amines) is 1. The molecule has 1 unspecified atom stereocenters. The van der Waals surface area contributed by atoms with E-state index < -0.39 is 0 Å². The third-order valence-corrected chi connectivity index (χ3v) is 5.94. The molecule has 152 valence electrons. The maximum Gasteiger partial charge on any atom is 0.122 e. The van der Waals surface area contributed by atoms with Gasteiger partial charge in [-0.1, -0.05) is 42.8 Å². The zero-order valence-corrected chi connectivity index (χ0v) is 17.5. The zero-order valence-electron chi connectivity index (χ0n) is 17.5. The molecular weight excluding hydrogens is 346 g/mol. The fourth-order valence-electron chi connectivity index (χ4n) is 4.21. The highest BCUT2D eigenvalue weighted by atomic mass is 16.5. The predicted octanol–water partition coefficient (Wildman–Crippen LogP) is 5.51. The van der Waals surface area contributed by atoms with Crippen LogP contribution in [0.5, 0.6) is 11.5 Å². The fraction of sp³-hybridized carbons (Fsp3) is 0.520. The molecular formula is C25H35NO2. The van der Waals surface area contributed by atoms with Crippen molar-refractivity contribution in [2.24, 2.45) is 0 Å². The van der Waals surface area contributed by atoms with E-state index in [2.05, 4.69) is 48.3 Å². The first-order valence-corrected chi connectivity index (χ1v) is 10.8. The van der Waals surface area contributed by atoms with Gasteiger partial charge in [-0.05, 0) is 81.8 Å². The van der Waals surface area contributed by atoms with Crippen molar-refractivity contribution in [2.45, 2.75) is 57.4 Å². The first-order valence-electron chi connectivity index (χ1n) is 10.8. The number of benzene rings is 2. The van der Waals surface area contributed by atoms with Crippen molar-refractivity contribution in [1.82, 2.24) is 4.90 Å². The number of hydrogen-bond donors (Lipinski definition) is 0. The van der Waals surface area contributed by atoms with Gasteiger partial charge in [-0.2, -0.15) is 0 Å². The van der Waals surface area contributed by atoms with Crippen molar-refractivity contribution in [3.05, 3.63) is 59.7 Å². The second-order valence-electron chi connectivity index (χ2n) is 7.89. The minimum atomic E-state index is 0.682. The smallest absolute Gasteiger partial charge is 0.122 e. The molecule has 1 fully saturated rings. The summed E-state index contributed by atoms with van der Waals surface area (Å²) in [7, 11) is 4.00. The van der Waals surface area contributed by atoms with Crippen LogP contribution in [0, 0.1) is 0 Å². The molecule has 1 saturated heterocycles. The molecule has 1 heterocycles. The molecule has 3 nitrogen and oxygen atoms in total. The second-order valence-corrected chi connectivity index (χ2v) is 7.89. The van der Waals surface area contributed by atoms with Gasteiger partial charge < -0.3 is 14.4 Å². The maximum atomic E-state index is 6.19. The molecule has 0 aliphatic carbocycles. The van der Waals surface area contributed by atoms with Crippen LogP contribution in [0.2, 0.25) is 0 Å². The van der Waals surface area contributed by atoms with Crippen LogP contribution in [0.25, 0.3) is 0 Å². The quantitative estimate of drug-likeness (QED) is 0.506. The summed E-state index contributed by atoms with van der Waals surface area (Å²) >= 11 is 0. The SMILES string of the molecule is COc1ccccc1CCCCc1ccccc1OCCC1CCCCN1C. The number of hydrogen-bond acceptors (Lipinski definition) is 3. The van der Waals surface area contributed by atoms with Gasteiger partial charge in [0.05, 0.1) is 13.7 Å². The Morgan fingerprint density at radius 1 is 0.893 bits per heavy atom. The molecule has 1 aliphatic rings.